The first-order valence-corrected chi connectivity index (χ1v) is 7.39. The second kappa shape index (κ2) is 7.76. The Morgan fingerprint density at radius 3 is 2.67 bits per heavy atom. The van der Waals surface area contributed by atoms with Gasteiger partial charge in [0.05, 0.1) is 6.10 Å². The molecule has 2 aromatic carbocycles. The molecule has 0 aliphatic rings. The highest BCUT2D eigenvalue weighted by atomic mass is 79.9. The molecule has 0 radical (unpaired) electrons. The van der Waals surface area contributed by atoms with E-state index in [0.29, 0.717) is 0 Å². The molecule has 0 aliphatic carbocycles. The van der Waals surface area contributed by atoms with Crippen LogP contribution in [0.5, 0.6) is 0 Å². The average Bonchev–Trinajstić information content (AvgIpc) is 2.51. The molecule has 2 N–H and O–H groups in total. The predicted molar refractivity (Wildman–Crippen MR) is 87.6 cm³/mol. The predicted octanol–water partition coefficient (Wildman–Crippen LogP) is 3.31. The fourth-order valence-electron chi connectivity index (χ4n) is 1.83. The van der Waals surface area contributed by atoms with Gasteiger partial charge in [-0.1, -0.05) is 58.4 Å². The number of hydrogen-bond acceptors (Lipinski definition) is 2. The normalized spacial score (nSPS) is 12.3. The van der Waals surface area contributed by atoms with Gasteiger partial charge in [0, 0.05) is 17.1 Å². The fraction of sp³-hybridized carbons (Fsp3) is 0.118. The summed E-state index contributed by atoms with van der Waals surface area (Å²) in [6, 6.07) is 16.9. The molecule has 2 aromatic rings. The molecule has 0 heterocycles. The number of benzene rings is 2. The van der Waals surface area contributed by atoms with Gasteiger partial charge in [-0.2, -0.15) is 0 Å². The second-order valence-corrected chi connectivity index (χ2v) is 5.48. The van der Waals surface area contributed by atoms with Gasteiger partial charge in [-0.05, 0) is 29.3 Å². The minimum Gasteiger partial charge on any atom is -0.387 e. The van der Waals surface area contributed by atoms with Crippen LogP contribution >= 0.6 is 15.9 Å². The van der Waals surface area contributed by atoms with Crippen molar-refractivity contribution in [3.8, 4) is 0 Å². The molecule has 21 heavy (non-hydrogen) atoms. The minimum atomic E-state index is -0.700. The number of hydrogen-bond donors (Lipinski definition) is 2. The molecule has 0 fully saturated rings. The lowest BCUT2D eigenvalue weighted by Crippen LogP contribution is -2.26. The summed E-state index contributed by atoms with van der Waals surface area (Å²) < 4.78 is 0.963. The molecule has 1 amide bonds. The summed E-state index contributed by atoms with van der Waals surface area (Å²) in [6.07, 6.45) is 2.49. The lowest BCUT2D eigenvalue weighted by atomic mass is 10.1. The van der Waals surface area contributed by atoms with Crippen LogP contribution in [-0.4, -0.2) is 17.6 Å². The van der Waals surface area contributed by atoms with Crippen molar-refractivity contribution in [3.05, 3.63) is 76.3 Å². The zero-order valence-corrected chi connectivity index (χ0v) is 13.0. The maximum absolute atomic E-state index is 11.7. The van der Waals surface area contributed by atoms with Gasteiger partial charge in [-0.15, -0.1) is 0 Å². The van der Waals surface area contributed by atoms with E-state index >= 15 is 0 Å². The van der Waals surface area contributed by atoms with Crippen molar-refractivity contribution in [2.45, 2.75) is 6.10 Å². The third-order valence-electron chi connectivity index (χ3n) is 2.93. The van der Waals surface area contributed by atoms with Crippen LogP contribution in [0.25, 0.3) is 6.08 Å². The van der Waals surface area contributed by atoms with E-state index in [9.17, 15) is 9.90 Å². The SMILES string of the molecule is O=C(/C=C/c1cccc(Br)c1)NCC(O)c1ccccc1. The highest BCUT2D eigenvalue weighted by molar-refractivity contribution is 9.10. The summed E-state index contributed by atoms with van der Waals surface area (Å²) in [6.45, 7) is 0.186. The number of nitrogens with one attached hydrogen (secondary N) is 1. The van der Waals surface area contributed by atoms with Gasteiger partial charge < -0.3 is 10.4 Å². The molecule has 3 nitrogen and oxygen atoms in total. The molecule has 0 bridgehead atoms. The summed E-state index contributed by atoms with van der Waals surface area (Å²) in [7, 11) is 0. The highest BCUT2D eigenvalue weighted by Crippen LogP contribution is 2.13. The van der Waals surface area contributed by atoms with Gasteiger partial charge in [-0.25, -0.2) is 0 Å². The Kier molecular flexibility index (Phi) is 5.72. The Morgan fingerprint density at radius 1 is 1.19 bits per heavy atom. The monoisotopic (exact) mass is 345 g/mol. The molecular formula is C17H16BrNO2. The van der Waals surface area contributed by atoms with Gasteiger partial charge in [0.2, 0.25) is 5.91 Å². The molecule has 108 valence electrons. The van der Waals surface area contributed by atoms with Gasteiger partial charge in [0.1, 0.15) is 0 Å². The van der Waals surface area contributed by atoms with Crippen molar-refractivity contribution in [2.75, 3.05) is 6.54 Å². The molecule has 1 atom stereocenters. The maximum Gasteiger partial charge on any atom is 0.244 e. The maximum atomic E-state index is 11.7. The number of carbonyl (C=O) groups is 1. The van der Waals surface area contributed by atoms with Gasteiger partial charge in [-0.3, -0.25) is 4.79 Å². The van der Waals surface area contributed by atoms with Crippen LogP contribution in [-0.2, 0) is 4.79 Å². The average molecular weight is 346 g/mol. The van der Waals surface area contributed by atoms with E-state index in [1.54, 1.807) is 6.08 Å². The zero-order valence-electron chi connectivity index (χ0n) is 11.4. The largest absolute Gasteiger partial charge is 0.387 e. The minimum absolute atomic E-state index is 0.186. The standard InChI is InChI=1S/C17H16BrNO2/c18-15-8-4-5-13(11-15)9-10-17(21)19-12-16(20)14-6-2-1-3-7-14/h1-11,16,20H,12H2,(H,19,21)/b10-9+. The number of aliphatic hydroxyl groups is 1. The number of rotatable bonds is 5. The number of amides is 1. The van der Waals surface area contributed by atoms with Gasteiger partial charge in [0.15, 0.2) is 0 Å². The van der Waals surface area contributed by atoms with E-state index < -0.39 is 6.10 Å². The molecule has 1 unspecified atom stereocenters. The smallest absolute Gasteiger partial charge is 0.244 e. The Labute approximate surface area is 132 Å². The van der Waals surface area contributed by atoms with Crippen LogP contribution in [0, 0.1) is 0 Å². The van der Waals surface area contributed by atoms with Crippen molar-refractivity contribution in [1.29, 1.82) is 0 Å². The summed E-state index contributed by atoms with van der Waals surface area (Å²) in [4.78, 5) is 11.7. The van der Waals surface area contributed by atoms with E-state index in [1.165, 1.54) is 6.08 Å². The molecular weight excluding hydrogens is 330 g/mol. The van der Waals surface area contributed by atoms with Gasteiger partial charge in [0.25, 0.3) is 0 Å². The first-order valence-electron chi connectivity index (χ1n) is 6.59. The molecule has 0 aromatic heterocycles. The number of aliphatic hydroxyl groups excluding tert-OH is 1. The van der Waals surface area contributed by atoms with E-state index in [2.05, 4.69) is 21.2 Å². The van der Waals surface area contributed by atoms with Crippen LogP contribution in [0.3, 0.4) is 0 Å². The Morgan fingerprint density at radius 2 is 1.95 bits per heavy atom. The second-order valence-electron chi connectivity index (χ2n) is 4.56. The lowest BCUT2D eigenvalue weighted by molar-refractivity contribution is -0.116. The summed E-state index contributed by atoms with van der Waals surface area (Å²) in [5.74, 6) is -0.232. The van der Waals surface area contributed by atoms with Crippen LogP contribution in [0.2, 0.25) is 0 Å². The number of halogens is 1. The molecule has 0 aliphatic heterocycles. The highest BCUT2D eigenvalue weighted by Gasteiger charge is 2.07. The Bertz CT molecular complexity index is 626. The van der Waals surface area contributed by atoms with Crippen molar-refractivity contribution in [3.63, 3.8) is 0 Å². The van der Waals surface area contributed by atoms with Crippen molar-refractivity contribution >= 4 is 27.9 Å². The van der Waals surface area contributed by atoms with E-state index in [-0.39, 0.29) is 12.5 Å². The first-order chi connectivity index (χ1) is 10.1. The lowest BCUT2D eigenvalue weighted by Gasteiger charge is -2.10. The summed E-state index contributed by atoms with van der Waals surface area (Å²) in [5.41, 5.74) is 1.72. The Balaban J connectivity index is 1.85. The molecule has 2 rings (SSSR count). The fourth-order valence-corrected chi connectivity index (χ4v) is 2.25. The van der Waals surface area contributed by atoms with Gasteiger partial charge >= 0.3 is 0 Å². The van der Waals surface area contributed by atoms with Crippen molar-refractivity contribution < 1.29 is 9.90 Å². The Hall–Kier alpha value is -1.91. The molecule has 4 heteroatoms. The van der Waals surface area contributed by atoms with Crippen molar-refractivity contribution in [1.82, 2.24) is 5.32 Å². The van der Waals surface area contributed by atoms with E-state index in [1.807, 2.05) is 54.6 Å². The molecule has 0 saturated carbocycles. The quantitative estimate of drug-likeness (QED) is 0.816. The van der Waals surface area contributed by atoms with E-state index in [0.717, 1.165) is 15.6 Å². The topological polar surface area (TPSA) is 49.3 Å². The van der Waals surface area contributed by atoms with Crippen LogP contribution in [0.15, 0.2) is 65.1 Å². The van der Waals surface area contributed by atoms with Crippen LogP contribution < -0.4 is 5.32 Å². The van der Waals surface area contributed by atoms with Crippen molar-refractivity contribution in [2.24, 2.45) is 0 Å². The van der Waals surface area contributed by atoms with Crippen LogP contribution in [0.1, 0.15) is 17.2 Å². The first kappa shape index (κ1) is 15.5. The number of carbonyl (C=O) groups excluding carboxylic acids is 1. The summed E-state index contributed by atoms with van der Waals surface area (Å²) >= 11 is 3.38. The molecule has 0 saturated heterocycles. The third-order valence-corrected chi connectivity index (χ3v) is 3.42. The summed E-state index contributed by atoms with van der Waals surface area (Å²) in [5, 5.41) is 12.6. The van der Waals surface area contributed by atoms with Crippen LogP contribution in [0.4, 0.5) is 0 Å². The van der Waals surface area contributed by atoms with E-state index in [4.69, 9.17) is 0 Å². The molecule has 0 spiro atoms. The third kappa shape index (κ3) is 5.17. The zero-order chi connectivity index (χ0) is 15.1.